The Labute approximate surface area is 94.8 Å². The minimum Gasteiger partial charge on any atom is -0.264 e. The van der Waals surface area contributed by atoms with Crippen LogP contribution in [0.2, 0.25) is 0 Å². The first-order valence-electron chi connectivity index (χ1n) is 5.07. The van der Waals surface area contributed by atoms with E-state index in [1.807, 2.05) is 18.5 Å². The van der Waals surface area contributed by atoms with E-state index in [-0.39, 0.29) is 5.41 Å². The molecule has 0 aliphatic heterocycles. The second-order valence-electron chi connectivity index (χ2n) is 4.69. The second-order valence-corrected chi connectivity index (χ2v) is 5.60. The van der Waals surface area contributed by atoms with E-state index in [0.717, 1.165) is 0 Å². The fourth-order valence-electron chi connectivity index (χ4n) is 1.39. The van der Waals surface area contributed by atoms with Crippen LogP contribution in [0.15, 0.2) is 36.0 Å². The fraction of sp³-hybridized carbons (Fsp3) is 0.308. The van der Waals surface area contributed by atoms with Crippen molar-refractivity contribution in [1.29, 1.82) is 0 Å². The van der Waals surface area contributed by atoms with Gasteiger partial charge in [-0.15, -0.1) is 11.3 Å². The molecule has 0 N–H and O–H groups in total. The van der Waals surface area contributed by atoms with Gasteiger partial charge in [0, 0.05) is 22.8 Å². The highest BCUT2D eigenvalue weighted by Crippen LogP contribution is 2.32. The molecule has 0 bridgehead atoms. The third kappa shape index (κ3) is 2.26. The van der Waals surface area contributed by atoms with Crippen molar-refractivity contribution < 1.29 is 0 Å². The van der Waals surface area contributed by atoms with Crippen molar-refractivity contribution in [2.45, 2.75) is 26.2 Å². The predicted octanol–water partition coefficient (Wildman–Crippen LogP) is 4.11. The standard InChI is InChI=1S/C13H15NS/c1-13(2,3)11-7-12(15-9-11)10-5-4-6-14-8-10/h4-9H,1-3H3. The SMILES string of the molecule is CC(C)(C)c1csc(-c2cccnc2)c1. The molecule has 0 aromatic carbocycles. The van der Waals surface area contributed by atoms with Gasteiger partial charge in [-0.2, -0.15) is 0 Å². The summed E-state index contributed by atoms with van der Waals surface area (Å²) in [7, 11) is 0. The van der Waals surface area contributed by atoms with Crippen LogP contribution >= 0.6 is 11.3 Å². The Morgan fingerprint density at radius 1 is 1.27 bits per heavy atom. The van der Waals surface area contributed by atoms with Gasteiger partial charge < -0.3 is 0 Å². The van der Waals surface area contributed by atoms with Crippen LogP contribution < -0.4 is 0 Å². The molecule has 0 radical (unpaired) electrons. The lowest BCUT2D eigenvalue weighted by Crippen LogP contribution is -2.08. The summed E-state index contributed by atoms with van der Waals surface area (Å²) in [6.07, 6.45) is 3.72. The van der Waals surface area contributed by atoms with E-state index in [1.54, 1.807) is 11.3 Å². The van der Waals surface area contributed by atoms with Crippen molar-refractivity contribution in [2.24, 2.45) is 0 Å². The molecular formula is C13H15NS. The molecule has 0 atom stereocenters. The third-order valence-corrected chi connectivity index (χ3v) is 3.39. The van der Waals surface area contributed by atoms with E-state index in [2.05, 4.69) is 43.3 Å². The molecule has 0 aliphatic carbocycles. The number of pyridine rings is 1. The van der Waals surface area contributed by atoms with Crippen molar-refractivity contribution >= 4 is 11.3 Å². The van der Waals surface area contributed by atoms with E-state index in [4.69, 9.17) is 0 Å². The van der Waals surface area contributed by atoms with Crippen LogP contribution in [0.3, 0.4) is 0 Å². The van der Waals surface area contributed by atoms with Crippen LogP contribution in [-0.4, -0.2) is 4.98 Å². The van der Waals surface area contributed by atoms with Crippen LogP contribution in [0.5, 0.6) is 0 Å². The molecule has 15 heavy (non-hydrogen) atoms. The van der Waals surface area contributed by atoms with Crippen LogP contribution in [0, 0.1) is 0 Å². The molecule has 2 heteroatoms. The van der Waals surface area contributed by atoms with Gasteiger partial charge >= 0.3 is 0 Å². The molecule has 2 aromatic heterocycles. The van der Waals surface area contributed by atoms with Crippen molar-refractivity contribution in [3.8, 4) is 10.4 Å². The average Bonchev–Trinajstić information content (AvgIpc) is 2.67. The first kappa shape index (κ1) is 10.4. The minimum absolute atomic E-state index is 0.233. The number of aromatic nitrogens is 1. The van der Waals surface area contributed by atoms with Crippen molar-refractivity contribution in [1.82, 2.24) is 4.98 Å². The molecule has 2 rings (SSSR count). The van der Waals surface area contributed by atoms with Gasteiger partial charge in [0.25, 0.3) is 0 Å². The molecule has 0 fully saturated rings. The fourth-order valence-corrected chi connectivity index (χ4v) is 2.52. The average molecular weight is 217 g/mol. The Hall–Kier alpha value is -1.15. The number of rotatable bonds is 1. The van der Waals surface area contributed by atoms with Crippen LogP contribution in [0.1, 0.15) is 26.3 Å². The minimum atomic E-state index is 0.233. The van der Waals surface area contributed by atoms with Crippen molar-refractivity contribution in [3.63, 3.8) is 0 Å². The highest BCUT2D eigenvalue weighted by atomic mass is 32.1. The van der Waals surface area contributed by atoms with Gasteiger partial charge in [-0.3, -0.25) is 4.98 Å². The normalized spacial score (nSPS) is 11.7. The first-order chi connectivity index (χ1) is 7.07. The van der Waals surface area contributed by atoms with E-state index in [1.165, 1.54) is 16.0 Å². The van der Waals surface area contributed by atoms with Crippen LogP contribution in [0.25, 0.3) is 10.4 Å². The van der Waals surface area contributed by atoms with Gasteiger partial charge in [0.1, 0.15) is 0 Å². The molecule has 0 aliphatic rings. The van der Waals surface area contributed by atoms with Crippen LogP contribution in [-0.2, 0) is 5.41 Å². The van der Waals surface area contributed by atoms with Gasteiger partial charge in [0.05, 0.1) is 0 Å². The summed E-state index contributed by atoms with van der Waals surface area (Å²) in [4.78, 5) is 5.44. The summed E-state index contributed by atoms with van der Waals surface area (Å²) in [5, 5.41) is 2.24. The lowest BCUT2D eigenvalue weighted by atomic mass is 9.89. The monoisotopic (exact) mass is 217 g/mol. The van der Waals surface area contributed by atoms with E-state index >= 15 is 0 Å². The Bertz CT molecular complexity index is 437. The van der Waals surface area contributed by atoms with Gasteiger partial charge in [-0.1, -0.05) is 26.8 Å². The maximum Gasteiger partial charge on any atom is 0.0361 e. The molecule has 2 heterocycles. The highest BCUT2D eigenvalue weighted by Gasteiger charge is 2.15. The topological polar surface area (TPSA) is 12.9 Å². The molecule has 0 spiro atoms. The molecule has 0 amide bonds. The number of thiophene rings is 1. The highest BCUT2D eigenvalue weighted by molar-refractivity contribution is 7.13. The van der Waals surface area contributed by atoms with Gasteiger partial charge in [0.2, 0.25) is 0 Å². The smallest absolute Gasteiger partial charge is 0.0361 e. The summed E-state index contributed by atoms with van der Waals surface area (Å²) >= 11 is 1.79. The maximum absolute atomic E-state index is 4.14. The van der Waals surface area contributed by atoms with Crippen molar-refractivity contribution in [3.05, 3.63) is 41.5 Å². The van der Waals surface area contributed by atoms with Crippen molar-refractivity contribution in [2.75, 3.05) is 0 Å². The largest absolute Gasteiger partial charge is 0.264 e. The second kappa shape index (κ2) is 3.78. The lowest BCUT2D eigenvalue weighted by Gasteiger charge is -2.15. The quantitative estimate of drug-likeness (QED) is 0.700. The van der Waals surface area contributed by atoms with Gasteiger partial charge in [0.15, 0.2) is 0 Å². The zero-order chi connectivity index (χ0) is 10.9. The zero-order valence-corrected chi connectivity index (χ0v) is 10.1. The zero-order valence-electron chi connectivity index (χ0n) is 9.32. The Morgan fingerprint density at radius 3 is 2.60 bits per heavy atom. The molecular weight excluding hydrogens is 202 g/mol. The molecule has 0 saturated heterocycles. The summed E-state index contributed by atoms with van der Waals surface area (Å²) in [6, 6.07) is 6.35. The third-order valence-electron chi connectivity index (χ3n) is 2.41. The summed E-state index contributed by atoms with van der Waals surface area (Å²) in [6.45, 7) is 6.71. The maximum atomic E-state index is 4.14. The number of hydrogen-bond acceptors (Lipinski definition) is 2. The van der Waals surface area contributed by atoms with E-state index in [0.29, 0.717) is 0 Å². The van der Waals surface area contributed by atoms with Gasteiger partial charge in [-0.25, -0.2) is 0 Å². The summed E-state index contributed by atoms with van der Waals surface area (Å²) in [5.74, 6) is 0. The lowest BCUT2D eigenvalue weighted by molar-refractivity contribution is 0.593. The predicted molar refractivity (Wildman–Crippen MR) is 66.3 cm³/mol. The molecule has 0 saturated carbocycles. The molecule has 78 valence electrons. The Kier molecular flexibility index (Phi) is 2.61. The molecule has 2 aromatic rings. The van der Waals surface area contributed by atoms with E-state index in [9.17, 15) is 0 Å². The number of hydrogen-bond donors (Lipinski definition) is 0. The summed E-state index contributed by atoms with van der Waals surface area (Å²) in [5.41, 5.74) is 2.83. The summed E-state index contributed by atoms with van der Waals surface area (Å²) < 4.78 is 0. The molecule has 0 unspecified atom stereocenters. The Morgan fingerprint density at radius 2 is 2.07 bits per heavy atom. The van der Waals surface area contributed by atoms with E-state index < -0.39 is 0 Å². The number of nitrogens with zero attached hydrogens (tertiary/aromatic N) is 1. The Balaban J connectivity index is 2.37. The van der Waals surface area contributed by atoms with Gasteiger partial charge in [-0.05, 0) is 28.5 Å². The van der Waals surface area contributed by atoms with Crippen LogP contribution in [0.4, 0.5) is 0 Å². The molecule has 1 nitrogen and oxygen atoms in total. The first-order valence-corrected chi connectivity index (χ1v) is 5.95.